The van der Waals surface area contributed by atoms with E-state index < -0.39 is 0 Å². The van der Waals surface area contributed by atoms with Crippen molar-refractivity contribution in [3.63, 3.8) is 0 Å². The van der Waals surface area contributed by atoms with E-state index in [0.717, 1.165) is 53.3 Å². The first kappa shape index (κ1) is 20.0. The second-order valence-electron chi connectivity index (χ2n) is 7.84. The van der Waals surface area contributed by atoms with Crippen molar-refractivity contribution in [2.45, 2.75) is 25.5 Å². The highest BCUT2D eigenvalue weighted by atomic mass is 16.5. The van der Waals surface area contributed by atoms with Gasteiger partial charge in [-0.05, 0) is 36.6 Å². The third kappa shape index (κ3) is 3.75. The third-order valence-electron chi connectivity index (χ3n) is 5.86. The number of ether oxygens (including phenoxy) is 1. The molecule has 0 saturated carbocycles. The van der Waals surface area contributed by atoms with E-state index in [9.17, 15) is 4.79 Å². The van der Waals surface area contributed by atoms with Gasteiger partial charge in [-0.25, -0.2) is 4.98 Å². The molecule has 1 aliphatic rings. The van der Waals surface area contributed by atoms with Gasteiger partial charge in [0.05, 0.1) is 23.4 Å². The van der Waals surface area contributed by atoms with Crippen molar-refractivity contribution < 1.29 is 9.53 Å². The van der Waals surface area contributed by atoms with Crippen molar-refractivity contribution in [2.75, 3.05) is 6.54 Å². The fourth-order valence-electron chi connectivity index (χ4n) is 4.27. The largest absolute Gasteiger partial charge is 0.489 e. The van der Waals surface area contributed by atoms with E-state index >= 15 is 0 Å². The van der Waals surface area contributed by atoms with Gasteiger partial charge in [-0.15, -0.1) is 0 Å². The Morgan fingerprint density at radius 2 is 1.97 bits per heavy atom. The zero-order chi connectivity index (χ0) is 21.9. The molecule has 1 aliphatic heterocycles. The maximum Gasteiger partial charge on any atom is 0.246 e. The summed E-state index contributed by atoms with van der Waals surface area (Å²) in [5.74, 6) is 1.66. The van der Waals surface area contributed by atoms with E-state index in [4.69, 9.17) is 9.72 Å². The van der Waals surface area contributed by atoms with Gasteiger partial charge in [-0.1, -0.05) is 49.0 Å². The molecule has 6 nitrogen and oxygen atoms in total. The monoisotopic (exact) mass is 424 g/mol. The molecule has 0 spiro atoms. The zero-order valence-electron chi connectivity index (χ0n) is 17.7. The van der Waals surface area contributed by atoms with Crippen molar-refractivity contribution in [3.8, 4) is 17.0 Å². The van der Waals surface area contributed by atoms with Crippen LogP contribution in [0.25, 0.3) is 16.8 Å². The molecule has 32 heavy (non-hydrogen) atoms. The average molecular weight is 425 g/mol. The van der Waals surface area contributed by atoms with E-state index in [2.05, 4.69) is 35.8 Å². The molecule has 2 aromatic heterocycles. The van der Waals surface area contributed by atoms with Gasteiger partial charge in [0.1, 0.15) is 18.2 Å². The van der Waals surface area contributed by atoms with Gasteiger partial charge in [0.25, 0.3) is 0 Å². The summed E-state index contributed by atoms with van der Waals surface area (Å²) in [4.78, 5) is 23.5. The third-order valence-corrected chi connectivity index (χ3v) is 5.86. The van der Waals surface area contributed by atoms with Crippen LogP contribution in [0.4, 0.5) is 0 Å². The van der Waals surface area contributed by atoms with Crippen LogP contribution in [-0.2, 0) is 11.4 Å². The highest BCUT2D eigenvalue weighted by Gasteiger charge is 2.32. The lowest BCUT2D eigenvalue weighted by molar-refractivity contribution is -0.127. The molecule has 6 heteroatoms. The summed E-state index contributed by atoms with van der Waals surface area (Å²) < 4.78 is 7.90. The van der Waals surface area contributed by atoms with Crippen LogP contribution in [0.5, 0.6) is 5.75 Å². The number of nitrogens with zero attached hydrogens (tertiary/aromatic N) is 4. The lowest BCUT2D eigenvalue weighted by atomic mass is 10.1. The summed E-state index contributed by atoms with van der Waals surface area (Å²) in [7, 11) is 0. The first-order chi connectivity index (χ1) is 15.7. The number of hydrogen-bond donors (Lipinski definition) is 0. The number of hydrogen-bond acceptors (Lipinski definition) is 4. The summed E-state index contributed by atoms with van der Waals surface area (Å²) in [5, 5.41) is 0. The van der Waals surface area contributed by atoms with Crippen LogP contribution in [0.2, 0.25) is 0 Å². The van der Waals surface area contributed by atoms with Gasteiger partial charge < -0.3 is 9.64 Å². The Bertz CT molecular complexity index is 1250. The van der Waals surface area contributed by atoms with Crippen molar-refractivity contribution in [1.29, 1.82) is 0 Å². The molecular formula is C26H24N4O2. The Morgan fingerprint density at radius 3 is 2.75 bits per heavy atom. The molecule has 4 aromatic rings. The summed E-state index contributed by atoms with van der Waals surface area (Å²) in [6, 6.07) is 18.0. The van der Waals surface area contributed by atoms with E-state index in [1.807, 2.05) is 52.0 Å². The standard InChI is InChI=1S/C26H24N4O2/c1-2-24(31)29-15-6-9-22(29)26-28-25(23-17-27-14-16-30(23)26)20-12-10-19(11-13-20)18-32-21-7-4-3-5-8-21/h2-5,7-8,10-14,16-17,22H,1,6,9,15,18H2/t22-/m0/s1. The Morgan fingerprint density at radius 1 is 1.16 bits per heavy atom. The minimum Gasteiger partial charge on any atom is -0.489 e. The minimum absolute atomic E-state index is 0.0531. The number of fused-ring (bicyclic) bond motifs is 1. The van der Waals surface area contributed by atoms with Crippen LogP contribution in [0.1, 0.15) is 30.3 Å². The maximum absolute atomic E-state index is 12.4. The number of aromatic nitrogens is 3. The van der Waals surface area contributed by atoms with Crippen LogP contribution >= 0.6 is 0 Å². The number of para-hydroxylation sites is 1. The van der Waals surface area contributed by atoms with E-state index in [-0.39, 0.29) is 11.9 Å². The molecule has 0 bridgehead atoms. The summed E-state index contributed by atoms with van der Waals surface area (Å²) in [6.07, 6.45) is 8.71. The average Bonchev–Trinajstić information content (AvgIpc) is 3.48. The summed E-state index contributed by atoms with van der Waals surface area (Å²) in [5.41, 5.74) is 3.87. The van der Waals surface area contributed by atoms with E-state index in [0.29, 0.717) is 6.61 Å². The van der Waals surface area contributed by atoms with Crippen LogP contribution < -0.4 is 4.74 Å². The zero-order valence-corrected chi connectivity index (χ0v) is 17.7. The molecule has 1 atom stereocenters. The number of carbonyl (C=O) groups is 1. The first-order valence-corrected chi connectivity index (χ1v) is 10.8. The van der Waals surface area contributed by atoms with E-state index in [1.54, 1.807) is 6.20 Å². The minimum atomic E-state index is -0.0669. The molecule has 160 valence electrons. The first-order valence-electron chi connectivity index (χ1n) is 10.8. The predicted molar refractivity (Wildman–Crippen MR) is 123 cm³/mol. The molecule has 0 unspecified atom stereocenters. The van der Waals surface area contributed by atoms with Gasteiger partial charge in [-0.2, -0.15) is 0 Å². The van der Waals surface area contributed by atoms with Crippen LogP contribution in [0, 0.1) is 0 Å². The quantitative estimate of drug-likeness (QED) is 0.416. The molecule has 0 radical (unpaired) electrons. The van der Waals surface area contributed by atoms with Crippen molar-refractivity contribution >= 4 is 11.4 Å². The van der Waals surface area contributed by atoms with Gasteiger partial charge >= 0.3 is 0 Å². The highest BCUT2D eigenvalue weighted by Crippen LogP contribution is 2.35. The van der Waals surface area contributed by atoms with Crippen LogP contribution in [-0.4, -0.2) is 31.7 Å². The number of amides is 1. The number of carbonyl (C=O) groups excluding carboxylic acids is 1. The van der Waals surface area contributed by atoms with E-state index in [1.165, 1.54) is 6.08 Å². The maximum atomic E-state index is 12.4. The summed E-state index contributed by atoms with van der Waals surface area (Å²) in [6.45, 7) is 4.88. The topological polar surface area (TPSA) is 59.7 Å². The predicted octanol–water partition coefficient (Wildman–Crippen LogP) is 4.82. The normalized spacial score (nSPS) is 15.8. The number of imidazole rings is 1. The van der Waals surface area contributed by atoms with Gasteiger partial charge in [0.2, 0.25) is 5.91 Å². The molecule has 2 aromatic carbocycles. The van der Waals surface area contributed by atoms with Crippen LogP contribution in [0.15, 0.2) is 85.8 Å². The van der Waals surface area contributed by atoms with Crippen molar-refractivity contribution in [2.24, 2.45) is 0 Å². The molecular weight excluding hydrogens is 400 g/mol. The second-order valence-corrected chi connectivity index (χ2v) is 7.84. The lowest BCUT2D eigenvalue weighted by Gasteiger charge is -2.22. The molecule has 5 rings (SSSR count). The Labute approximate surface area is 186 Å². The molecule has 3 heterocycles. The Hall–Kier alpha value is -3.93. The van der Waals surface area contributed by atoms with Gasteiger partial charge in [0, 0.05) is 24.5 Å². The smallest absolute Gasteiger partial charge is 0.246 e. The van der Waals surface area contributed by atoms with Crippen molar-refractivity contribution in [1.82, 2.24) is 19.3 Å². The summed E-state index contributed by atoms with van der Waals surface area (Å²) >= 11 is 0. The molecule has 0 N–H and O–H groups in total. The Balaban J connectivity index is 1.44. The van der Waals surface area contributed by atoms with Gasteiger partial charge in [0.15, 0.2) is 0 Å². The number of benzene rings is 2. The number of rotatable bonds is 6. The lowest BCUT2D eigenvalue weighted by Crippen LogP contribution is -2.29. The van der Waals surface area contributed by atoms with Crippen molar-refractivity contribution in [3.05, 3.63) is 97.2 Å². The molecule has 1 saturated heterocycles. The fraction of sp³-hybridized carbons (Fsp3) is 0.192. The Kier molecular flexibility index (Phi) is 5.42. The molecule has 1 amide bonds. The van der Waals surface area contributed by atoms with Gasteiger partial charge in [-0.3, -0.25) is 14.2 Å². The number of likely N-dealkylation sites (tertiary alicyclic amines) is 1. The fourth-order valence-corrected chi connectivity index (χ4v) is 4.27. The molecule has 0 aliphatic carbocycles. The SMILES string of the molecule is C=CC(=O)N1CCC[C@H]1c1nc(-c2ccc(COc3ccccc3)cc2)c2cnccn12. The highest BCUT2D eigenvalue weighted by molar-refractivity contribution is 5.87. The molecule has 1 fully saturated rings. The van der Waals surface area contributed by atoms with Crippen LogP contribution in [0.3, 0.4) is 0 Å². The second kappa shape index (κ2) is 8.67.